The first-order valence-electron chi connectivity index (χ1n) is 6.15. The molecule has 1 aromatic heterocycles. The second-order valence-electron chi connectivity index (χ2n) is 4.71. The number of nitrogens with zero attached hydrogens (tertiary/aromatic N) is 1. The topological polar surface area (TPSA) is 46.3 Å². The molecule has 1 amide bonds. The molecule has 0 aliphatic carbocycles. The van der Waals surface area contributed by atoms with Gasteiger partial charge in [-0.1, -0.05) is 18.2 Å². The zero-order valence-corrected chi connectivity index (χ0v) is 12.3. The summed E-state index contributed by atoms with van der Waals surface area (Å²) in [6.07, 6.45) is 0. The zero-order chi connectivity index (χ0) is 14.0. The van der Waals surface area contributed by atoms with Gasteiger partial charge < -0.3 is 10.6 Å². The molecule has 0 saturated carbocycles. The van der Waals surface area contributed by atoms with Gasteiger partial charge in [-0.15, -0.1) is 11.3 Å². The molecule has 0 unspecified atom stereocenters. The molecule has 4 heteroatoms. The highest BCUT2D eigenvalue weighted by Crippen LogP contribution is 2.22. The van der Waals surface area contributed by atoms with Crippen LogP contribution in [0.2, 0.25) is 0 Å². The van der Waals surface area contributed by atoms with Crippen molar-refractivity contribution in [3.05, 3.63) is 51.2 Å². The summed E-state index contributed by atoms with van der Waals surface area (Å²) in [4.78, 5) is 16.0. The Hall–Kier alpha value is -1.81. The predicted octanol–water partition coefficient (Wildman–Crippen LogP) is 3.22. The molecular formula is C15H18N2OS. The summed E-state index contributed by atoms with van der Waals surface area (Å²) in [6, 6.07) is 9.58. The third-order valence-electron chi connectivity index (χ3n) is 3.19. The van der Waals surface area contributed by atoms with Crippen LogP contribution in [0.1, 0.15) is 25.7 Å². The van der Waals surface area contributed by atoms with Gasteiger partial charge in [0, 0.05) is 24.2 Å². The molecule has 0 aliphatic heterocycles. The van der Waals surface area contributed by atoms with E-state index in [0.29, 0.717) is 6.54 Å². The molecule has 0 fully saturated rings. The lowest BCUT2D eigenvalue weighted by molar-refractivity contribution is 0.0790. The molecule has 19 heavy (non-hydrogen) atoms. The molecule has 0 saturated heterocycles. The number of amides is 1. The first-order chi connectivity index (χ1) is 8.99. The molecule has 0 atom stereocenters. The number of para-hydroxylation sites is 1. The summed E-state index contributed by atoms with van der Waals surface area (Å²) < 4.78 is 0. The molecule has 1 aromatic carbocycles. The van der Waals surface area contributed by atoms with Crippen molar-refractivity contribution in [2.45, 2.75) is 20.4 Å². The maximum absolute atomic E-state index is 12.3. The predicted molar refractivity (Wildman–Crippen MR) is 80.4 cm³/mol. The van der Waals surface area contributed by atoms with Gasteiger partial charge in [0.15, 0.2) is 0 Å². The highest BCUT2D eigenvalue weighted by atomic mass is 32.1. The summed E-state index contributed by atoms with van der Waals surface area (Å²) in [5.74, 6) is 0.0458. The Bertz CT molecular complexity index is 584. The van der Waals surface area contributed by atoms with E-state index in [4.69, 9.17) is 5.73 Å². The van der Waals surface area contributed by atoms with Crippen LogP contribution >= 0.6 is 11.3 Å². The Morgan fingerprint density at radius 1 is 1.32 bits per heavy atom. The average molecular weight is 274 g/mol. The summed E-state index contributed by atoms with van der Waals surface area (Å²) in [5, 5.41) is 0. The number of benzene rings is 1. The molecule has 0 spiro atoms. The van der Waals surface area contributed by atoms with E-state index in [-0.39, 0.29) is 5.91 Å². The second-order valence-corrected chi connectivity index (χ2v) is 5.97. The van der Waals surface area contributed by atoms with Gasteiger partial charge in [0.25, 0.3) is 5.91 Å². The Balaban J connectivity index is 2.14. The number of nitrogens with two attached hydrogens (primary N) is 1. The minimum Gasteiger partial charge on any atom is -0.398 e. The molecule has 1 heterocycles. The summed E-state index contributed by atoms with van der Waals surface area (Å²) in [6.45, 7) is 4.59. The smallest absolute Gasteiger partial charge is 0.263 e. The van der Waals surface area contributed by atoms with E-state index >= 15 is 0 Å². The molecule has 0 bridgehead atoms. The van der Waals surface area contributed by atoms with Gasteiger partial charge in [-0.25, -0.2) is 0 Å². The number of carbonyl (C=O) groups is 1. The standard InChI is InChI=1S/C15H18N2OS/c1-10-8-14(19-11(10)2)15(18)17(3)9-12-6-4-5-7-13(12)16/h4-8H,9,16H2,1-3H3. The monoisotopic (exact) mass is 274 g/mol. The second kappa shape index (κ2) is 5.45. The summed E-state index contributed by atoms with van der Waals surface area (Å²) in [5.41, 5.74) is 8.77. The van der Waals surface area contributed by atoms with Crippen LogP contribution in [0.3, 0.4) is 0 Å². The lowest BCUT2D eigenvalue weighted by atomic mass is 10.1. The molecule has 2 aromatic rings. The van der Waals surface area contributed by atoms with E-state index in [2.05, 4.69) is 0 Å². The number of aryl methyl sites for hydroxylation is 2. The van der Waals surface area contributed by atoms with Crippen molar-refractivity contribution in [3.8, 4) is 0 Å². The highest BCUT2D eigenvalue weighted by Gasteiger charge is 2.15. The van der Waals surface area contributed by atoms with Crippen LogP contribution in [0, 0.1) is 13.8 Å². The molecule has 2 rings (SSSR count). The van der Waals surface area contributed by atoms with Crippen molar-refractivity contribution >= 4 is 22.9 Å². The van der Waals surface area contributed by atoms with Crippen LogP contribution in [0.15, 0.2) is 30.3 Å². The van der Waals surface area contributed by atoms with Gasteiger partial charge >= 0.3 is 0 Å². The van der Waals surface area contributed by atoms with Crippen molar-refractivity contribution < 1.29 is 4.79 Å². The van der Waals surface area contributed by atoms with Gasteiger partial charge in [0.05, 0.1) is 4.88 Å². The van der Waals surface area contributed by atoms with Gasteiger partial charge in [-0.2, -0.15) is 0 Å². The SMILES string of the molecule is Cc1cc(C(=O)N(C)Cc2ccccc2N)sc1C. The van der Waals surface area contributed by atoms with Gasteiger partial charge in [0.2, 0.25) is 0 Å². The van der Waals surface area contributed by atoms with Crippen molar-refractivity contribution in [1.82, 2.24) is 4.90 Å². The number of thiophene rings is 1. The third-order valence-corrected chi connectivity index (χ3v) is 4.33. The number of hydrogen-bond donors (Lipinski definition) is 1. The number of nitrogen functional groups attached to an aromatic ring is 1. The first kappa shape index (κ1) is 13.6. The molecule has 3 nitrogen and oxygen atoms in total. The fourth-order valence-electron chi connectivity index (χ4n) is 1.87. The molecular weight excluding hydrogens is 256 g/mol. The van der Waals surface area contributed by atoms with E-state index in [1.807, 2.05) is 44.2 Å². The first-order valence-corrected chi connectivity index (χ1v) is 6.96. The maximum atomic E-state index is 12.3. The minimum atomic E-state index is 0.0458. The molecule has 0 radical (unpaired) electrons. The Kier molecular flexibility index (Phi) is 3.90. The number of carbonyl (C=O) groups excluding carboxylic acids is 1. The van der Waals surface area contributed by atoms with Crippen molar-refractivity contribution in [2.24, 2.45) is 0 Å². The third kappa shape index (κ3) is 2.96. The Morgan fingerprint density at radius 3 is 2.58 bits per heavy atom. The minimum absolute atomic E-state index is 0.0458. The Labute approximate surface area is 117 Å². The number of rotatable bonds is 3. The number of anilines is 1. The van der Waals surface area contributed by atoms with Crippen LogP contribution in [0.25, 0.3) is 0 Å². The van der Waals surface area contributed by atoms with E-state index in [0.717, 1.165) is 16.1 Å². The van der Waals surface area contributed by atoms with E-state index < -0.39 is 0 Å². The maximum Gasteiger partial charge on any atom is 0.263 e. The van der Waals surface area contributed by atoms with Crippen LogP contribution in [0.5, 0.6) is 0 Å². The largest absolute Gasteiger partial charge is 0.398 e. The summed E-state index contributed by atoms with van der Waals surface area (Å²) in [7, 11) is 1.80. The van der Waals surface area contributed by atoms with Crippen LogP contribution < -0.4 is 5.73 Å². The van der Waals surface area contributed by atoms with Crippen molar-refractivity contribution in [3.63, 3.8) is 0 Å². The lowest BCUT2D eigenvalue weighted by Gasteiger charge is -2.17. The lowest BCUT2D eigenvalue weighted by Crippen LogP contribution is -2.25. The fraction of sp³-hybridized carbons (Fsp3) is 0.267. The number of hydrogen-bond acceptors (Lipinski definition) is 3. The van der Waals surface area contributed by atoms with Gasteiger partial charge in [-0.3, -0.25) is 4.79 Å². The highest BCUT2D eigenvalue weighted by molar-refractivity contribution is 7.14. The van der Waals surface area contributed by atoms with Crippen molar-refractivity contribution in [1.29, 1.82) is 0 Å². The summed E-state index contributed by atoms with van der Waals surface area (Å²) >= 11 is 1.54. The van der Waals surface area contributed by atoms with Crippen LogP contribution in [-0.2, 0) is 6.54 Å². The molecule has 0 aliphatic rings. The molecule has 100 valence electrons. The van der Waals surface area contributed by atoms with E-state index in [1.54, 1.807) is 23.3 Å². The van der Waals surface area contributed by atoms with E-state index in [1.165, 1.54) is 10.4 Å². The van der Waals surface area contributed by atoms with Crippen LogP contribution in [-0.4, -0.2) is 17.9 Å². The van der Waals surface area contributed by atoms with Gasteiger partial charge in [-0.05, 0) is 37.1 Å². The quantitative estimate of drug-likeness (QED) is 0.874. The normalized spacial score (nSPS) is 10.5. The average Bonchev–Trinajstić information content (AvgIpc) is 2.71. The van der Waals surface area contributed by atoms with Crippen LogP contribution in [0.4, 0.5) is 5.69 Å². The molecule has 2 N–H and O–H groups in total. The van der Waals surface area contributed by atoms with Crippen molar-refractivity contribution in [2.75, 3.05) is 12.8 Å². The van der Waals surface area contributed by atoms with E-state index in [9.17, 15) is 4.79 Å². The van der Waals surface area contributed by atoms with Gasteiger partial charge in [0.1, 0.15) is 0 Å². The zero-order valence-electron chi connectivity index (χ0n) is 11.4. The fourth-order valence-corrected chi connectivity index (χ4v) is 2.90. The Morgan fingerprint density at radius 2 is 2.00 bits per heavy atom.